The number of nitrogens with two attached hydrogens (primary N) is 2. The van der Waals surface area contributed by atoms with Crippen molar-refractivity contribution in [3.8, 4) is 0 Å². The van der Waals surface area contributed by atoms with Crippen LogP contribution < -0.4 is 32.4 Å². The second-order valence-corrected chi connectivity index (χ2v) is 7.73. The van der Waals surface area contributed by atoms with Gasteiger partial charge in [-0.3, -0.25) is 0 Å². The Morgan fingerprint density at radius 1 is 1.07 bits per heavy atom. The third-order valence-electron chi connectivity index (χ3n) is 4.11. The number of primary sulfonamides is 1. The van der Waals surface area contributed by atoms with Crippen LogP contribution in [0.25, 0.3) is 0 Å². The molecule has 0 amide bonds. The van der Waals surface area contributed by atoms with Crippen LogP contribution >= 0.6 is 0 Å². The Labute approximate surface area is 161 Å². The van der Waals surface area contributed by atoms with Crippen LogP contribution in [0.1, 0.15) is 5.56 Å². The van der Waals surface area contributed by atoms with Crippen LogP contribution in [0.15, 0.2) is 53.6 Å². The molecule has 28 heavy (non-hydrogen) atoms. The van der Waals surface area contributed by atoms with Crippen molar-refractivity contribution in [3.63, 3.8) is 0 Å². The number of aromatic nitrogens is 2. The Morgan fingerprint density at radius 3 is 2.71 bits per heavy atom. The molecule has 3 aromatic rings. The highest BCUT2D eigenvalue weighted by atomic mass is 32.2. The van der Waals surface area contributed by atoms with E-state index in [-0.39, 0.29) is 4.90 Å². The molecule has 144 valence electrons. The molecule has 10 nitrogen and oxygen atoms in total. The number of hydrogen-bond acceptors (Lipinski definition) is 9. The van der Waals surface area contributed by atoms with Gasteiger partial charge in [-0.2, -0.15) is 4.98 Å². The number of fused-ring (bicyclic) bond motifs is 1. The lowest BCUT2D eigenvalue weighted by Crippen LogP contribution is -2.12. The number of anilines is 6. The molecule has 2 aromatic carbocycles. The zero-order chi connectivity index (χ0) is 19.7. The Hall–Kier alpha value is -3.41. The first-order valence-electron chi connectivity index (χ1n) is 8.30. The van der Waals surface area contributed by atoms with E-state index in [1.807, 2.05) is 18.2 Å². The third-order valence-corrected chi connectivity index (χ3v) is 5.02. The number of nitrogens with one attached hydrogen (secondary N) is 4. The summed E-state index contributed by atoms with van der Waals surface area (Å²) in [6.45, 7) is 0.764. The molecule has 1 aromatic heterocycles. The molecule has 11 heteroatoms. The fraction of sp³-hybridized carbons (Fsp3) is 0.0588. The van der Waals surface area contributed by atoms with Crippen molar-refractivity contribution in [2.24, 2.45) is 5.14 Å². The second-order valence-electron chi connectivity index (χ2n) is 6.17. The van der Waals surface area contributed by atoms with E-state index in [0.29, 0.717) is 23.1 Å². The minimum absolute atomic E-state index is 0.0114. The summed E-state index contributed by atoms with van der Waals surface area (Å²) in [5, 5.41) is 11.3. The third kappa shape index (κ3) is 3.81. The molecule has 0 radical (unpaired) electrons. The molecule has 0 spiro atoms. The van der Waals surface area contributed by atoms with E-state index in [0.717, 1.165) is 17.9 Å². The summed E-state index contributed by atoms with van der Waals surface area (Å²) in [7, 11) is -3.81. The first-order chi connectivity index (χ1) is 13.4. The lowest BCUT2D eigenvalue weighted by Gasteiger charge is -2.12. The number of hydrazine groups is 1. The second kappa shape index (κ2) is 6.96. The van der Waals surface area contributed by atoms with Gasteiger partial charge in [0.25, 0.3) is 0 Å². The van der Waals surface area contributed by atoms with E-state index in [1.165, 1.54) is 23.9 Å². The molecular formula is C17H18N8O2S. The Morgan fingerprint density at radius 2 is 1.89 bits per heavy atom. The summed E-state index contributed by atoms with van der Waals surface area (Å²) in [6.07, 6.45) is 1.47. The average molecular weight is 398 g/mol. The fourth-order valence-corrected chi connectivity index (χ4v) is 3.29. The smallest absolute Gasteiger partial charge is 0.238 e. The van der Waals surface area contributed by atoms with Crippen molar-refractivity contribution in [1.29, 1.82) is 0 Å². The van der Waals surface area contributed by atoms with Gasteiger partial charge in [0.05, 0.1) is 22.5 Å². The molecule has 0 unspecified atom stereocenters. The maximum atomic E-state index is 11.5. The number of rotatable bonds is 5. The first-order valence-corrected chi connectivity index (χ1v) is 9.84. The van der Waals surface area contributed by atoms with E-state index in [4.69, 9.17) is 10.9 Å². The topological polar surface area (TPSA) is 160 Å². The largest absolute Gasteiger partial charge is 0.394 e. The van der Waals surface area contributed by atoms with Crippen molar-refractivity contribution >= 4 is 44.5 Å². The minimum atomic E-state index is -3.81. The quantitative estimate of drug-likeness (QED) is 0.375. The lowest BCUT2D eigenvalue weighted by molar-refractivity contribution is 0.598. The van der Waals surface area contributed by atoms with Crippen LogP contribution in [0.2, 0.25) is 0 Å². The SMILES string of the molecule is Nc1cnc(Nc2ccc3c(c2)NNC3)nc1Nc1cccc(S(N)(=O)=O)c1. The molecule has 0 bridgehead atoms. The van der Waals surface area contributed by atoms with Crippen molar-refractivity contribution in [1.82, 2.24) is 15.4 Å². The van der Waals surface area contributed by atoms with E-state index < -0.39 is 10.0 Å². The molecule has 0 fully saturated rings. The van der Waals surface area contributed by atoms with Crippen molar-refractivity contribution < 1.29 is 8.42 Å². The predicted octanol–water partition coefficient (Wildman–Crippen LogP) is 1.62. The Bertz CT molecular complexity index is 1150. The van der Waals surface area contributed by atoms with Gasteiger partial charge < -0.3 is 21.8 Å². The summed E-state index contributed by atoms with van der Waals surface area (Å²) in [6, 6.07) is 11.9. The summed E-state index contributed by atoms with van der Waals surface area (Å²) in [4.78, 5) is 8.55. The van der Waals surface area contributed by atoms with Gasteiger partial charge in [0.1, 0.15) is 0 Å². The van der Waals surface area contributed by atoms with E-state index in [9.17, 15) is 8.42 Å². The number of sulfonamides is 1. The molecular weight excluding hydrogens is 380 g/mol. The van der Waals surface area contributed by atoms with E-state index >= 15 is 0 Å². The molecule has 0 saturated carbocycles. The number of benzene rings is 2. The van der Waals surface area contributed by atoms with Gasteiger partial charge >= 0.3 is 0 Å². The van der Waals surface area contributed by atoms with Gasteiger partial charge in [0.15, 0.2) is 5.82 Å². The molecule has 4 rings (SSSR count). The highest BCUT2D eigenvalue weighted by Crippen LogP contribution is 2.27. The highest BCUT2D eigenvalue weighted by molar-refractivity contribution is 7.89. The molecule has 1 aliphatic rings. The molecule has 0 atom stereocenters. The van der Waals surface area contributed by atoms with E-state index in [2.05, 4.69) is 31.5 Å². The fourth-order valence-electron chi connectivity index (χ4n) is 2.73. The minimum Gasteiger partial charge on any atom is -0.394 e. The maximum absolute atomic E-state index is 11.5. The molecule has 2 heterocycles. The average Bonchev–Trinajstić information content (AvgIpc) is 3.12. The maximum Gasteiger partial charge on any atom is 0.238 e. The summed E-state index contributed by atoms with van der Waals surface area (Å²) in [5.41, 5.74) is 15.8. The highest BCUT2D eigenvalue weighted by Gasteiger charge is 2.12. The standard InChI is InChI=1S/C17H18N8O2S/c18-14-9-20-17(23-12-5-4-10-8-21-25-15(10)7-12)24-16(14)22-11-2-1-3-13(6-11)28(19,26)27/h1-7,9,21,25H,8,18H2,(H2,19,26,27)(H2,20,22,23,24). The van der Waals surface area contributed by atoms with Crippen LogP contribution in [-0.4, -0.2) is 18.4 Å². The van der Waals surface area contributed by atoms with E-state index in [1.54, 1.807) is 12.1 Å². The van der Waals surface area contributed by atoms with Crippen LogP contribution in [0, 0.1) is 0 Å². The summed E-state index contributed by atoms with van der Waals surface area (Å²) in [5.74, 6) is 0.676. The molecule has 0 aliphatic carbocycles. The van der Waals surface area contributed by atoms with Gasteiger partial charge in [0, 0.05) is 17.9 Å². The summed E-state index contributed by atoms with van der Waals surface area (Å²) < 4.78 is 23.0. The van der Waals surface area contributed by atoms with Gasteiger partial charge in [-0.25, -0.2) is 24.0 Å². The van der Waals surface area contributed by atoms with Gasteiger partial charge in [-0.15, -0.1) is 0 Å². The van der Waals surface area contributed by atoms with Crippen LogP contribution in [0.5, 0.6) is 0 Å². The Kier molecular flexibility index (Phi) is 4.47. The summed E-state index contributed by atoms with van der Waals surface area (Å²) >= 11 is 0. The van der Waals surface area contributed by atoms with Crippen LogP contribution in [0.3, 0.4) is 0 Å². The number of nitrogens with zero attached hydrogens (tertiary/aromatic N) is 2. The first kappa shape index (κ1) is 18.0. The van der Waals surface area contributed by atoms with Gasteiger partial charge in [-0.1, -0.05) is 12.1 Å². The monoisotopic (exact) mass is 398 g/mol. The zero-order valence-corrected chi connectivity index (χ0v) is 15.4. The van der Waals surface area contributed by atoms with Gasteiger partial charge in [0.2, 0.25) is 16.0 Å². The van der Waals surface area contributed by atoms with Crippen LogP contribution in [0.4, 0.5) is 34.5 Å². The van der Waals surface area contributed by atoms with Crippen molar-refractivity contribution in [2.45, 2.75) is 11.4 Å². The molecule has 0 saturated heterocycles. The van der Waals surface area contributed by atoms with Crippen LogP contribution in [-0.2, 0) is 16.6 Å². The lowest BCUT2D eigenvalue weighted by atomic mass is 10.2. The molecule has 8 N–H and O–H groups in total. The van der Waals surface area contributed by atoms with Gasteiger partial charge in [-0.05, 0) is 35.9 Å². The molecule has 1 aliphatic heterocycles. The zero-order valence-electron chi connectivity index (χ0n) is 14.6. The number of nitrogen functional groups attached to an aromatic ring is 1. The van der Waals surface area contributed by atoms with Crippen molar-refractivity contribution in [3.05, 3.63) is 54.2 Å². The number of hydrogen-bond donors (Lipinski definition) is 6. The predicted molar refractivity (Wildman–Crippen MR) is 108 cm³/mol. The van der Waals surface area contributed by atoms with Crippen molar-refractivity contribution in [2.75, 3.05) is 21.8 Å². The Balaban J connectivity index is 1.58. The normalized spacial score (nSPS) is 12.9.